The second-order valence-electron chi connectivity index (χ2n) is 3.72. The van der Waals surface area contributed by atoms with Crippen LogP contribution in [-0.2, 0) is 11.0 Å². The first-order valence-electron chi connectivity index (χ1n) is 5.47. The Morgan fingerprint density at radius 1 is 1.42 bits per heavy atom. The minimum Gasteiger partial charge on any atom is -0.334 e. The summed E-state index contributed by atoms with van der Waals surface area (Å²) in [5, 5.41) is 8.12. The number of carbonyl (C=O) groups excluding carboxylic acids is 1. The third-order valence-electron chi connectivity index (χ3n) is 2.25. The number of benzene rings is 1. The summed E-state index contributed by atoms with van der Waals surface area (Å²) in [6.07, 6.45) is 0. The molecule has 0 radical (unpaired) electrons. The summed E-state index contributed by atoms with van der Waals surface area (Å²) in [6.45, 7) is 0.507. The van der Waals surface area contributed by atoms with Crippen molar-refractivity contribution >= 4 is 67.7 Å². The average molecular weight is 499 g/mol. The van der Waals surface area contributed by atoms with Crippen LogP contribution in [0.4, 0.5) is 9.93 Å². The first-order valence-corrected chi connectivity index (χ1v) is 8.95. The lowest BCUT2D eigenvalue weighted by atomic mass is 10.2. The van der Waals surface area contributed by atoms with Gasteiger partial charge in [-0.05, 0) is 40.3 Å². The summed E-state index contributed by atoms with van der Waals surface area (Å²) in [6, 6.07) is 7.79. The molecule has 0 spiro atoms. The predicted octanol–water partition coefficient (Wildman–Crippen LogP) is 4.00. The summed E-state index contributed by atoms with van der Waals surface area (Å²) in [5.74, 6) is 0. The summed E-state index contributed by atoms with van der Waals surface area (Å²) in [5.41, 5.74) is 2.06. The molecule has 0 bridgehead atoms. The van der Waals surface area contributed by atoms with Crippen molar-refractivity contribution in [3.8, 4) is 0 Å². The van der Waals surface area contributed by atoms with E-state index in [1.807, 2.05) is 29.6 Å². The van der Waals surface area contributed by atoms with Gasteiger partial charge in [-0.2, -0.15) is 0 Å². The van der Waals surface area contributed by atoms with Crippen molar-refractivity contribution in [2.24, 2.45) is 0 Å². The molecule has 7 heteroatoms. The minimum atomic E-state index is -0.229. The van der Waals surface area contributed by atoms with Crippen molar-refractivity contribution in [1.82, 2.24) is 10.3 Å². The Balaban J connectivity index is 1.84. The number of nitrogens with zero attached hydrogens (tertiary/aromatic N) is 1. The molecule has 2 amide bonds. The highest BCUT2D eigenvalue weighted by atomic mass is 127. The van der Waals surface area contributed by atoms with Gasteiger partial charge in [0.2, 0.25) is 0 Å². The van der Waals surface area contributed by atoms with Crippen molar-refractivity contribution in [2.45, 2.75) is 11.0 Å². The van der Waals surface area contributed by atoms with Crippen LogP contribution in [0.5, 0.6) is 0 Å². The molecule has 0 aliphatic rings. The molecule has 2 N–H and O–H groups in total. The highest BCUT2D eigenvalue weighted by Crippen LogP contribution is 2.17. The number of anilines is 1. The fourth-order valence-corrected chi connectivity index (χ4v) is 3.40. The van der Waals surface area contributed by atoms with E-state index in [-0.39, 0.29) is 6.03 Å². The van der Waals surface area contributed by atoms with E-state index in [1.54, 1.807) is 0 Å². The lowest BCUT2D eigenvalue weighted by molar-refractivity contribution is 0.251. The van der Waals surface area contributed by atoms with Gasteiger partial charge in [0.15, 0.2) is 5.13 Å². The highest BCUT2D eigenvalue weighted by molar-refractivity contribution is 14.1. The lowest BCUT2D eigenvalue weighted by Crippen LogP contribution is -2.28. The normalized spacial score (nSPS) is 10.2. The topological polar surface area (TPSA) is 54.0 Å². The zero-order valence-electron chi connectivity index (χ0n) is 9.82. The number of nitrogens with one attached hydrogen (secondary N) is 2. The van der Waals surface area contributed by atoms with Gasteiger partial charge in [-0.3, -0.25) is 5.32 Å². The van der Waals surface area contributed by atoms with Crippen LogP contribution in [0.3, 0.4) is 0 Å². The molecule has 0 aliphatic carbocycles. The van der Waals surface area contributed by atoms with Gasteiger partial charge in [0.25, 0.3) is 0 Å². The summed E-state index contributed by atoms with van der Waals surface area (Å²) in [7, 11) is 0. The molecule has 0 saturated carbocycles. The number of hydrogen-bond acceptors (Lipinski definition) is 3. The summed E-state index contributed by atoms with van der Waals surface area (Å²) in [4.78, 5) is 16.0. The van der Waals surface area contributed by atoms with Gasteiger partial charge in [0, 0.05) is 19.9 Å². The molecule has 4 nitrogen and oxygen atoms in total. The molecular weight excluding hydrogens is 488 g/mol. The number of alkyl halides is 1. The number of aromatic nitrogens is 1. The van der Waals surface area contributed by atoms with Crippen LogP contribution < -0.4 is 10.6 Å². The summed E-state index contributed by atoms with van der Waals surface area (Å²) >= 11 is 5.93. The van der Waals surface area contributed by atoms with Gasteiger partial charge in [-0.1, -0.05) is 34.7 Å². The third kappa shape index (κ3) is 4.88. The number of carbonyl (C=O) groups is 1. The predicted molar refractivity (Wildman–Crippen MR) is 94.9 cm³/mol. The number of amides is 2. The van der Waals surface area contributed by atoms with Gasteiger partial charge in [0.1, 0.15) is 0 Å². The van der Waals surface area contributed by atoms with E-state index in [0.717, 1.165) is 19.3 Å². The smallest absolute Gasteiger partial charge is 0.321 e. The average Bonchev–Trinajstić information content (AvgIpc) is 2.84. The number of urea groups is 1. The quantitative estimate of drug-likeness (QED) is 0.494. The number of halogens is 2. The zero-order valence-corrected chi connectivity index (χ0v) is 15.0. The van der Waals surface area contributed by atoms with E-state index < -0.39 is 0 Å². The zero-order chi connectivity index (χ0) is 13.7. The van der Waals surface area contributed by atoms with E-state index in [1.165, 1.54) is 11.3 Å². The molecular formula is C12H11I2N3OS. The maximum Gasteiger partial charge on any atom is 0.321 e. The molecule has 100 valence electrons. The standard InChI is InChI=1S/C12H11I2N3OS/c13-5-10-7-19-12(16-10)17-11(18)15-6-8-2-1-3-9(14)4-8/h1-4,7H,5-6H2,(H2,15,16,17,18). The Hall–Kier alpha value is -0.420. The second kappa shape index (κ2) is 7.39. The second-order valence-corrected chi connectivity index (χ2v) is 6.58. The minimum absolute atomic E-state index is 0.229. The van der Waals surface area contributed by atoms with E-state index >= 15 is 0 Å². The molecule has 0 atom stereocenters. The largest absolute Gasteiger partial charge is 0.334 e. The SMILES string of the molecule is O=C(NCc1cccc(I)c1)Nc1nc(CI)cs1. The van der Waals surface area contributed by atoms with Gasteiger partial charge in [-0.25, -0.2) is 9.78 Å². The van der Waals surface area contributed by atoms with E-state index in [2.05, 4.69) is 60.8 Å². The van der Waals surface area contributed by atoms with Crippen molar-refractivity contribution in [2.75, 3.05) is 5.32 Å². The van der Waals surface area contributed by atoms with Gasteiger partial charge >= 0.3 is 6.03 Å². The molecule has 0 fully saturated rings. The molecule has 0 aliphatic heterocycles. The first kappa shape index (κ1) is 15.0. The van der Waals surface area contributed by atoms with Gasteiger partial charge in [-0.15, -0.1) is 11.3 Å². The van der Waals surface area contributed by atoms with Crippen molar-refractivity contribution in [1.29, 1.82) is 0 Å². The van der Waals surface area contributed by atoms with E-state index in [0.29, 0.717) is 11.7 Å². The number of rotatable bonds is 4. The van der Waals surface area contributed by atoms with E-state index in [9.17, 15) is 4.79 Å². The molecule has 1 heterocycles. The van der Waals surface area contributed by atoms with Crippen molar-refractivity contribution in [3.63, 3.8) is 0 Å². The molecule has 19 heavy (non-hydrogen) atoms. The van der Waals surface area contributed by atoms with Crippen molar-refractivity contribution in [3.05, 3.63) is 44.5 Å². The molecule has 2 rings (SSSR count). The van der Waals surface area contributed by atoms with Gasteiger partial charge < -0.3 is 5.32 Å². The van der Waals surface area contributed by atoms with Crippen LogP contribution in [0.25, 0.3) is 0 Å². The summed E-state index contributed by atoms with van der Waals surface area (Å²) < 4.78 is 2.00. The van der Waals surface area contributed by atoms with Crippen LogP contribution in [0.15, 0.2) is 29.6 Å². The van der Waals surface area contributed by atoms with Crippen LogP contribution in [0.2, 0.25) is 0 Å². The third-order valence-corrected chi connectivity index (χ3v) is 4.51. The van der Waals surface area contributed by atoms with Crippen LogP contribution in [0, 0.1) is 3.57 Å². The lowest BCUT2D eigenvalue weighted by Gasteiger charge is -2.05. The molecule has 2 aromatic rings. The van der Waals surface area contributed by atoms with Crippen LogP contribution in [0.1, 0.15) is 11.3 Å². The Morgan fingerprint density at radius 3 is 2.95 bits per heavy atom. The van der Waals surface area contributed by atoms with E-state index in [4.69, 9.17) is 0 Å². The fraction of sp³-hybridized carbons (Fsp3) is 0.167. The van der Waals surface area contributed by atoms with Crippen LogP contribution in [-0.4, -0.2) is 11.0 Å². The molecule has 0 saturated heterocycles. The number of thiazole rings is 1. The Labute approximate surface area is 142 Å². The maximum atomic E-state index is 11.7. The maximum absolute atomic E-state index is 11.7. The Kier molecular flexibility index (Phi) is 5.82. The molecule has 0 unspecified atom stereocenters. The fourth-order valence-electron chi connectivity index (χ4n) is 1.40. The van der Waals surface area contributed by atoms with Crippen LogP contribution >= 0.6 is 56.5 Å². The Morgan fingerprint density at radius 2 is 2.26 bits per heavy atom. The molecule has 1 aromatic carbocycles. The number of hydrogen-bond donors (Lipinski definition) is 2. The van der Waals surface area contributed by atoms with Gasteiger partial charge in [0.05, 0.1) is 5.69 Å². The van der Waals surface area contributed by atoms with Crippen molar-refractivity contribution < 1.29 is 4.79 Å². The monoisotopic (exact) mass is 499 g/mol. The molecule has 1 aromatic heterocycles. The first-order chi connectivity index (χ1) is 9.17. The highest BCUT2D eigenvalue weighted by Gasteiger charge is 2.05. The Bertz CT molecular complexity index is 574.